The second kappa shape index (κ2) is 7.28. The zero-order valence-electron chi connectivity index (χ0n) is 20.7. The fraction of sp³-hybridized carbons (Fsp3) is 0. The monoisotopic (exact) mass is 577 g/mol. The van der Waals surface area contributed by atoms with Crippen molar-refractivity contribution >= 4 is 114 Å². The van der Waals surface area contributed by atoms with E-state index in [0.29, 0.717) is 14.5 Å². The van der Waals surface area contributed by atoms with Gasteiger partial charge < -0.3 is 0 Å². The van der Waals surface area contributed by atoms with Crippen LogP contribution < -0.4 is 0 Å². The molecule has 4 aromatic heterocycles. The summed E-state index contributed by atoms with van der Waals surface area (Å²) in [5.41, 5.74) is 3.89. The Morgan fingerprint density at radius 3 is 1.95 bits per heavy atom. The van der Waals surface area contributed by atoms with E-state index < -0.39 is 0 Å². The summed E-state index contributed by atoms with van der Waals surface area (Å²) in [5, 5.41) is 13.5. The van der Waals surface area contributed by atoms with Crippen molar-refractivity contribution < 1.29 is 0 Å². The summed E-state index contributed by atoms with van der Waals surface area (Å²) in [6.07, 6.45) is 0. The van der Waals surface area contributed by atoms with E-state index in [0.717, 1.165) is 0 Å². The first-order chi connectivity index (χ1) is 19.3. The minimum absolute atomic E-state index is 0.336. The van der Waals surface area contributed by atoms with Crippen molar-refractivity contribution in [1.82, 2.24) is 4.40 Å². The van der Waals surface area contributed by atoms with Crippen molar-refractivity contribution in [2.45, 2.75) is 0 Å². The number of hydrogen-bond donors (Lipinski definition) is 0. The Balaban J connectivity index is 1.64. The first-order valence-electron chi connectivity index (χ1n) is 13.3. The molecular weight excluding hydrogens is 557 g/mol. The summed E-state index contributed by atoms with van der Waals surface area (Å²) in [6, 6.07) is 43.5. The molecule has 10 rings (SSSR count). The van der Waals surface area contributed by atoms with Gasteiger partial charge in [-0.15, -0.1) is 0 Å². The molecule has 0 bridgehead atoms. The summed E-state index contributed by atoms with van der Waals surface area (Å²) in [4.78, 5) is 0. The molecule has 39 heavy (non-hydrogen) atoms. The Kier molecular flexibility index (Phi) is 3.88. The van der Waals surface area contributed by atoms with Crippen LogP contribution in [0.1, 0.15) is 0 Å². The van der Waals surface area contributed by atoms with Crippen LogP contribution in [0.4, 0.5) is 0 Å². The Morgan fingerprint density at radius 2 is 1.08 bits per heavy atom. The third kappa shape index (κ3) is 2.56. The number of rotatable bonds is 0. The van der Waals surface area contributed by atoms with E-state index in [4.69, 9.17) is 0 Å². The number of para-hydroxylation sites is 1. The van der Waals surface area contributed by atoms with E-state index in [9.17, 15) is 0 Å². The van der Waals surface area contributed by atoms with Gasteiger partial charge in [-0.3, -0.25) is 0 Å². The molecule has 0 aliphatic heterocycles. The number of aromatic nitrogens is 1. The second-order valence-corrected chi connectivity index (χ2v) is 13.8. The zero-order valence-corrected chi connectivity index (χ0v) is 23.3. The molecular formula is C36H19NSSe. The molecule has 0 saturated heterocycles. The summed E-state index contributed by atoms with van der Waals surface area (Å²) in [7, 11) is 0. The molecule has 0 atom stereocenters. The molecule has 0 amide bonds. The Morgan fingerprint density at radius 1 is 0.436 bits per heavy atom. The molecule has 1 nitrogen and oxygen atoms in total. The second-order valence-electron chi connectivity index (χ2n) is 10.5. The average Bonchev–Trinajstić information content (AvgIpc) is 3.65. The first-order valence-corrected chi connectivity index (χ1v) is 15.8. The van der Waals surface area contributed by atoms with E-state index in [1.807, 2.05) is 11.3 Å². The molecule has 180 valence electrons. The third-order valence-corrected chi connectivity index (χ3v) is 12.0. The van der Waals surface area contributed by atoms with E-state index in [1.165, 1.54) is 88.3 Å². The van der Waals surface area contributed by atoms with Crippen molar-refractivity contribution in [2.24, 2.45) is 0 Å². The molecule has 0 spiro atoms. The van der Waals surface area contributed by atoms with Crippen molar-refractivity contribution in [2.75, 3.05) is 0 Å². The van der Waals surface area contributed by atoms with Crippen molar-refractivity contribution in [3.8, 4) is 0 Å². The molecule has 0 aliphatic rings. The summed E-state index contributed by atoms with van der Waals surface area (Å²) in [5.74, 6) is 0. The van der Waals surface area contributed by atoms with Gasteiger partial charge in [0.1, 0.15) is 0 Å². The van der Waals surface area contributed by atoms with E-state index in [2.05, 4.69) is 120 Å². The quantitative estimate of drug-likeness (QED) is 0.158. The normalized spacial score (nSPS) is 12.6. The van der Waals surface area contributed by atoms with Crippen LogP contribution in [0, 0.1) is 0 Å². The van der Waals surface area contributed by atoms with Crippen molar-refractivity contribution in [1.29, 1.82) is 0 Å². The van der Waals surface area contributed by atoms with E-state index in [1.54, 1.807) is 0 Å². The number of benzene rings is 6. The summed E-state index contributed by atoms with van der Waals surface area (Å²) < 4.78 is 8.26. The molecule has 0 fully saturated rings. The predicted molar refractivity (Wildman–Crippen MR) is 172 cm³/mol. The van der Waals surface area contributed by atoms with Gasteiger partial charge in [0.05, 0.1) is 0 Å². The van der Waals surface area contributed by atoms with Crippen LogP contribution >= 0.6 is 11.3 Å². The van der Waals surface area contributed by atoms with Gasteiger partial charge in [-0.2, -0.15) is 0 Å². The Hall–Kier alpha value is -4.14. The van der Waals surface area contributed by atoms with Gasteiger partial charge in [0.2, 0.25) is 0 Å². The molecule has 3 heteroatoms. The molecule has 4 heterocycles. The predicted octanol–water partition coefficient (Wildman–Crippen LogP) is 10.3. The topological polar surface area (TPSA) is 4.41 Å². The molecule has 0 aliphatic carbocycles. The molecule has 0 N–H and O–H groups in total. The van der Waals surface area contributed by atoms with Gasteiger partial charge in [0.25, 0.3) is 0 Å². The van der Waals surface area contributed by atoms with Crippen LogP contribution in [0.5, 0.6) is 0 Å². The van der Waals surface area contributed by atoms with Gasteiger partial charge in [-0.25, -0.2) is 0 Å². The van der Waals surface area contributed by atoms with Crippen molar-refractivity contribution in [3.05, 3.63) is 115 Å². The first kappa shape index (κ1) is 20.8. The van der Waals surface area contributed by atoms with Crippen LogP contribution in [-0.2, 0) is 0 Å². The van der Waals surface area contributed by atoms with Crippen LogP contribution in [0.15, 0.2) is 115 Å². The van der Waals surface area contributed by atoms with Gasteiger partial charge >= 0.3 is 234 Å². The minimum atomic E-state index is 0.336. The molecule has 0 radical (unpaired) electrons. The standard InChI is InChI=1S/C36H19NSSe/c1-2-9-21-20(8-1)23-11-6-15-30-34(23)35-28(14-7-16-31(35)38-30)37-29-18-27-22-10-3-4-17-32(22)39-33(27)19-26(29)25-13-5-12-24(21)36(25)37/h1-19H. The van der Waals surface area contributed by atoms with Crippen molar-refractivity contribution in [3.63, 3.8) is 0 Å². The van der Waals surface area contributed by atoms with Crippen LogP contribution in [0.2, 0.25) is 0 Å². The third-order valence-electron chi connectivity index (χ3n) is 8.53. The Labute approximate surface area is 232 Å². The summed E-state index contributed by atoms with van der Waals surface area (Å²) in [6.45, 7) is 0. The van der Waals surface area contributed by atoms with Gasteiger partial charge in [0.15, 0.2) is 0 Å². The van der Waals surface area contributed by atoms with Gasteiger partial charge in [0, 0.05) is 0 Å². The number of thiophene rings is 1. The van der Waals surface area contributed by atoms with Gasteiger partial charge in [-0.1, -0.05) is 0 Å². The molecule has 0 saturated carbocycles. The maximum absolute atomic E-state index is 2.58. The van der Waals surface area contributed by atoms with E-state index >= 15 is 0 Å². The van der Waals surface area contributed by atoms with Crippen LogP contribution in [0.3, 0.4) is 0 Å². The number of hydrogen-bond acceptors (Lipinski definition) is 1. The zero-order chi connectivity index (χ0) is 25.2. The van der Waals surface area contributed by atoms with Gasteiger partial charge in [-0.05, 0) is 0 Å². The molecule has 0 unspecified atom stereocenters. The van der Waals surface area contributed by atoms with Crippen LogP contribution in [0.25, 0.3) is 88.3 Å². The molecule has 6 aromatic carbocycles. The fourth-order valence-electron chi connectivity index (χ4n) is 6.96. The average molecular weight is 577 g/mol. The van der Waals surface area contributed by atoms with Crippen LogP contribution in [-0.4, -0.2) is 18.9 Å². The number of nitrogens with zero attached hydrogens (tertiary/aromatic N) is 1. The summed E-state index contributed by atoms with van der Waals surface area (Å²) >= 11 is 2.24. The van der Waals surface area contributed by atoms with E-state index in [-0.39, 0.29) is 0 Å². The fourth-order valence-corrected chi connectivity index (χ4v) is 10.5. The number of fused-ring (bicyclic) bond motifs is 10. The SMILES string of the molecule is c1ccc2c(c1)[se]c1cc3c4cccc5c6ccccc6c6cccc7sc8cccc(c8c76)n(c3cc12)c54. The maximum atomic E-state index is 2.58. The Bertz CT molecular complexity index is 2670. The molecule has 10 aromatic rings.